The van der Waals surface area contributed by atoms with Gasteiger partial charge in [-0.2, -0.15) is 0 Å². The molecular weight excluding hydrogens is 324 g/mol. The van der Waals surface area contributed by atoms with Gasteiger partial charge in [0.1, 0.15) is 0 Å². The topological polar surface area (TPSA) is 0 Å². The van der Waals surface area contributed by atoms with Crippen LogP contribution in [-0.4, -0.2) is 0 Å². The molecule has 0 saturated heterocycles. The summed E-state index contributed by atoms with van der Waals surface area (Å²) >= 11 is 0. The Morgan fingerprint density at radius 2 is 1.37 bits per heavy atom. The maximum absolute atomic E-state index is 2.38. The predicted molar refractivity (Wildman–Crippen MR) is 115 cm³/mol. The molecule has 3 aromatic rings. The molecule has 3 aromatic carbocycles. The molecule has 0 saturated carbocycles. The number of benzene rings is 3. The van der Waals surface area contributed by atoms with E-state index in [1.54, 1.807) is 0 Å². The Bertz CT molecular complexity index is 1200. The Labute approximate surface area is 160 Å². The summed E-state index contributed by atoms with van der Waals surface area (Å²) in [7, 11) is 0. The molecule has 0 aromatic heterocycles. The Hall–Kier alpha value is -3.12. The van der Waals surface area contributed by atoms with Gasteiger partial charge in [0.25, 0.3) is 0 Å². The van der Waals surface area contributed by atoms with Crippen molar-refractivity contribution in [3.63, 3.8) is 0 Å². The monoisotopic (exact) mass is 346 g/mol. The summed E-state index contributed by atoms with van der Waals surface area (Å²) in [4.78, 5) is 0. The number of hydrogen-bond acceptors (Lipinski definition) is 0. The van der Waals surface area contributed by atoms with Crippen LogP contribution in [0.4, 0.5) is 0 Å². The standard InChI is InChI=1S/C27H22/c1-27(2)16-15-24-22(18-27)17-26-23(9-6-10-25(24)26)21-13-11-20(12-14-21)19-7-4-3-5-8-19/h3-18H,1-2H3. The van der Waals surface area contributed by atoms with E-state index in [2.05, 4.69) is 111 Å². The second kappa shape index (κ2) is 5.96. The third kappa shape index (κ3) is 2.78. The van der Waals surface area contributed by atoms with Gasteiger partial charge in [-0.1, -0.05) is 105 Å². The van der Waals surface area contributed by atoms with Crippen molar-refractivity contribution in [3.8, 4) is 22.3 Å². The molecule has 0 N–H and O–H groups in total. The molecule has 2 aliphatic carbocycles. The lowest BCUT2D eigenvalue weighted by atomic mass is 9.84. The SMILES string of the molecule is CC1(C)C=CC2=c3cccc(-c4ccc(-c5ccccc5)cc4)c3=CC2=C1. The van der Waals surface area contributed by atoms with Crippen LogP contribution in [0.5, 0.6) is 0 Å². The maximum Gasteiger partial charge on any atom is 0.00169 e. The number of allylic oxidation sites excluding steroid dienone is 4. The average Bonchev–Trinajstić information content (AvgIpc) is 3.05. The van der Waals surface area contributed by atoms with Gasteiger partial charge in [0.15, 0.2) is 0 Å². The van der Waals surface area contributed by atoms with Crippen molar-refractivity contribution in [1.82, 2.24) is 0 Å². The summed E-state index contributed by atoms with van der Waals surface area (Å²) in [6.45, 7) is 4.51. The molecule has 0 bridgehead atoms. The number of fused-ring (bicyclic) bond motifs is 2. The van der Waals surface area contributed by atoms with Crippen molar-refractivity contribution in [2.24, 2.45) is 5.41 Å². The minimum Gasteiger partial charge on any atom is -0.0744 e. The van der Waals surface area contributed by atoms with Crippen molar-refractivity contribution in [3.05, 3.63) is 107 Å². The summed E-state index contributed by atoms with van der Waals surface area (Å²) in [5.41, 5.74) is 7.92. The maximum atomic E-state index is 2.38. The van der Waals surface area contributed by atoms with E-state index in [1.807, 2.05) is 0 Å². The fraction of sp³-hybridized carbons (Fsp3) is 0.111. The Balaban J connectivity index is 1.63. The zero-order valence-electron chi connectivity index (χ0n) is 15.7. The average molecular weight is 346 g/mol. The molecule has 0 fully saturated rings. The van der Waals surface area contributed by atoms with Crippen LogP contribution in [0.25, 0.3) is 33.9 Å². The van der Waals surface area contributed by atoms with Crippen LogP contribution in [-0.2, 0) is 0 Å². The first-order chi connectivity index (χ1) is 13.1. The van der Waals surface area contributed by atoms with Gasteiger partial charge in [0.2, 0.25) is 0 Å². The van der Waals surface area contributed by atoms with Gasteiger partial charge >= 0.3 is 0 Å². The van der Waals surface area contributed by atoms with Crippen molar-refractivity contribution < 1.29 is 0 Å². The molecule has 0 atom stereocenters. The molecule has 27 heavy (non-hydrogen) atoms. The van der Waals surface area contributed by atoms with Crippen LogP contribution in [0.2, 0.25) is 0 Å². The molecular formula is C27H22. The third-order valence-electron chi connectivity index (χ3n) is 5.52. The second-order valence-corrected chi connectivity index (χ2v) is 8.02. The summed E-state index contributed by atoms with van der Waals surface area (Å²) < 4.78 is 0. The highest BCUT2D eigenvalue weighted by atomic mass is 14.2. The third-order valence-corrected chi connectivity index (χ3v) is 5.52. The Kier molecular flexibility index (Phi) is 3.55. The largest absolute Gasteiger partial charge is 0.0744 e. The highest BCUT2D eigenvalue weighted by Gasteiger charge is 2.21. The van der Waals surface area contributed by atoms with E-state index >= 15 is 0 Å². The summed E-state index contributed by atoms with van der Waals surface area (Å²) in [5, 5.41) is 2.69. The van der Waals surface area contributed by atoms with E-state index in [4.69, 9.17) is 0 Å². The Morgan fingerprint density at radius 1 is 0.667 bits per heavy atom. The molecule has 2 aliphatic rings. The fourth-order valence-corrected chi connectivity index (χ4v) is 4.12. The predicted octanol–water partition coefficient (Wildman–Crippen LogP) is 5.49. The van der Waals surface area contributed by atoms with Gasteiger partial charge in [-0.25, -0.2) is 0 Å². The van der Waals surface area contributed by atoms with Crippen LogP contribution < -0.4 is 10.4 Å². The fourth-order valence-electron chi connectivity index (χ4n) is 4.12. The van der Waals surface area contributed by atoms with Gasteiger partial charge in [-0.05, 0) is 49.9 Å². The van der Waals surface area contributed by atoms with E-state index in [0.717, 1.165) is 0 Å². The lowest BCUT2D eigenvalue weighted by molar-refractivity contribution is 0.621. The van der Waals surface area contributed by atoms with Crippen LogP contribution in [0.15, 0.2) is 96.6 Å². The van der Waals surface area contributed by atoms with E-state index in [-0.39, 0.29) is 5.41 Å². The number of hydrogen-bond donors (Lipinski definition) is 0. The van der Waals surface area contributed by atoms with Gasteiger partial charge in [0.05, 0.1) is 0 Å². The van der Waals surface area contributed by atoms with Crippen molar-refractivity contribution in [1.29, 1.82) is 0 Å². The van der Waals surface area contributed by atoms with Crippen LogP contribution in [0.3, 0.4) is 0 Å². The molecule has 0 spiro atoms. The first kappa shape index (κ1) is 16.1. The minimum atomic E-state index is 0.120. The highest BCUT2D eigenvalue weighted by Crippen LogP contribution is 2.33. The van der Waals surface area contributed by atoms with E-state index in [9.17, 15) is 0 Å². The zero-order chi connectivity index (χ0) is 18.4. The zero-order valence-corrected chi connectivity index (χ0v) is 15.7. The lowest BCUT2D eigenvalue weighted by Gasteiger charge is -2.21. The highest BCUT2D eigenvalue weighted by molar-refractivity contribution is 5.90. The van der Waals surface area contributed by atoms with Crippen molar-refractivity contribution in [2.45, 2.75) is 13.8 Å². The first-order valence-electron chi connectivity index (χ1n) is 9.54. The summed E-state index contributed by atoms with van der Waals surface area (Å²) in [6.07, 6.45) is 9.33. The molecule has 0 heteroatoms. The van der Waals surface area contributed by atoms with Gasteiger partial charge < -0.3 is 0 Å². The first-order valence-corrected chi connectivity index (χ1v) is 9.54. The van der Waals surface area contributed by atoms with Crippen LogP contribution >= 0.6 is 0 Å². The quantitative estimate of drug-likeness (QED) is 0.576. The molecule has 5 rings (SSSR count). The molecule has 0 unspecified atom stereocenters. The van der Waals surface area contributed by atoms with E-state index in [1.165, 1.54) is 43.8 Å². The van der Waals surface area contributed by atoms with Crippen molar-refractivity contribution >= 4 is 11.6 Å². The van der Waals surface area contributed by atoms with Crippen LogP contribution in [0, 0.1) is 5.41 Å². The molecule has 0 nitrogen and oxygen atoms in total. The molecule has 0 amide bonds. The van der Waals surface area contributed by atoms with Gasteiger partial charge in [0, 0.05) is 5.41 Å². The van der Waals surface area contributed by atoms with E-state index in [0.29, 0.717) is 0 Å². The van der Waals surface area contributed by atoms with Gasteiger partial charge in [-0.15, -0.1) is 0 Å². The summed E-state index contributed by atoms with van der Waals surface area (Å²) in [6, 6.07) is 26.1. The molecule has 0 radical (unpaired) electrons. The normalized spacial score (nSPS) is 16.4. The van der Waals surface area contributed by atoms with E-state index < -0.39 is 0 Å². The number of rotatable bonds is 2. The molecule has 130 valence electrons. The molecule has 0 heterocycles. The molecule has 0 aliphatic heterocycles. The lowest BCUT2D eigenvalue weighted by Crippen LogP contribution is -2.24. The van der Waals surface area contributed by atoms with Crippen molar-refractivity contribution in [2.75, 3.05) is 0 Å². The van der Waals surface area contributed by atoms with Crippen LogP contribution in [0.1, 0.15) is 13.8 Å². The smallest absolute Gasteiger partial charge is 0.00169 e. The summed E-state index contributed by atoms with van der Waals surface area (Å²) in [5.74, 6) is 0. The second-order valence-electron chi connectivity index (χ2n) is 8.02. The Morgan fingerprint density at radius 3 is 2.15 bits per heavy atom. The van der Waals surface area contributed by atoms with Gasteiger partial charge in [-0.3, -0.25) is 0 Å². The minimum absolute atomic E-state index is 0.120.